The third kappa shape index (κ3) is 1.17. The predicted octanol–water partition coefficient (Wildman–Crippen LogP) is 1.41. The number of rotatable bonds is 3. The summed E-state index contributed by atoms with van der Waals surface area (Å²) in [6, 6.07) is 0. The highest BCUT2D eigenvalue weighted by Gasteiger charge is 2.51. The first kappa shape index (κ1) is 8.52. The van der Waals surface area contributed by atoms with E-state index in [0.717, 1.165) is 19.1 Å². The van der Waals surface area contributed by atoms with Gasteiger partial charge in [-0.1, -0.05) is 0 Å². The van der Waals surface area contributed by atoms with E-state index in [1.54, 1.807) is 0 Å². The second-order valence-electron chi connectivity index (χ2n) is 4.30. The van der Waals surface area contributed by atoms with Crippen LogP contribution in [0.3, 0.4) is 0 Å². The molecule has 70 valence electrons. The van der Waals surface area contributed by atoms with E-state index in [1.807, 2.05) is 0 Å². The molecule has 1 saturated heterocycles. The molecular formula is C10H19NO. The van der Waals surface area contributed by atoms with Gasteiger partial charge in [-0.2, -0.15) is 0 Å². The largest absolute Gasteiger partial charge is 0.378 e. The minimum atomic E-state index is 0.470. The zero-order valence-electron chi connectivity index (χ0n) is 8.10. The highest BCUT2D eigenvalue weighted by molar-refractivity contribution is 5.01. The van der Waals surface area contributed by atoms with Crippen LogP contribution in [0.25, 0.3) is 0 Å². The maximum atomic E-state index is 5.68. The molecule has 2 aliphatic rings. The van der Waals surface area contributed by atoms with Gasteiger partial charge in [-0.15, -0.1) is 0 Å². The lowest BCUT2D eigenvalue weighted by atomic mass is 9.77. The molecule has 0 amide bonds. The molecule has 1 saturated carbocycles. The van der Waals surface area contributed by atoms with Crippen LogP contribution in [0, 0.1) is 11.3 Å². The molecule has 0 spiro atoms. The average molecular weight is 169 g/mol. The van der Waals surface area contributed by atoms with Gasteiger partial charge in [-0.3, -0.25) is 0 Å². The molecule has 0 aromatic carbocycles. The molecule has 1 heterocycles. The molecule has 2 unspecified atom stereocenters. The van der Waals surface area contributed by atoms with Crippen molar-refractivity contribution in [2.24, 2.45) is 11.3 Å². The fraction of sp³-hybridized carbons (Fsp3) is 1.00. The summed E-state index contributed by atoms with van der Waals surface area (Å²) in [7, 11) is 2.05. The Morgan fingerprint density at radius 1 is 1.50 bits per heavy atom. The molecule has 2 rings (SSSR count). The lowest BCUT2D eigenvalue weighted by molar-refractivity contribution is 0.0523. The van der Waals surface area contributed by atoms with Gasteiger partial charge in [0, 0.05) is 18.6 Å². The SMILES string of the molecule is CNCC1(C2CC2)CCOC1C. The quantitative estimate of drug-likeness (QED) is 0.689. The van der Waals surface area contributed by atoms with Gasteiger partial charge in [0.2, 0.25) is 0 Å². The number of nitrogens with one attached hydrogen (secondary N) is 1. The van der Waals surface area contributed by atoms with Gasteiger partial charge in [0.05, 0.1) is 6.10 Å². The summed E-state index contributed by atoms with van der Waals surface area (Å²) in [6.45, 7) is 4.35. The van der Waals surface area contributed by atoms with Crippen LogP contribution in [0.1, 0.15) is 26.2 Å². The van der Waals surface area contributed by atoms with Crippen molar-refractivity contribution in [3.63, 3.8) is 0 Å². The van der Waals surface area contributed by atoms with E-state index in [-0.39, 0.29) is 0 Å². The molecule has 1 aliphatic carbocycles. The molecule has 1 N–H and O–H groups in total. The smallest absolute Gasteiger partial charge is 0.0618 e. The van der Waals surface area contributed by atoms with Gasteiger partial charge in [0.25, 0.3) is 0 Å². The summed E-state index contributed by atoms with van der Waals surface area (Å²) in [5, 5.41) is 3.32. The number of hydrogen-bond acceptors (Lipinski definition) is 2. The Hall–Kier alpha value is -0.0800. The van der Waals surface area contributed by atoms with Crippen LogP contribution in [-0.2, 0) is 4.74 Å². The van der Waals surface area contributed by atoms with E-state index < -0.39 is 0 Å². The van der Waals surface area contributed by atoms with Crippen LogP contribution < -0.4 is 5.32 Å². The van der Waals surface area contributed by atoms with Gasteiger partial charge in [-0.25, -0.2) is 0 Å². The summed E-state index contributed by atoms with van der Waals surface area (Å²) in [5.74, 6) is 0.947. The second kappa shape index (κ2) is 3.00. The van der Waals surface area contributed by atoms with Crippen molar-refractivity contribution in [3.8, 4) is 0 Å². The average Bonchev–Trinajstić information content (AvgIpc) is 2.81. The first-order chi connectivity index (χ1) is 5.79. The Balaban J connectivity index is 2.08. The Morgan fingerprint density at radius 3 is 2.67 bits per heavy atom. The predicted molar refractivity (Wildman–Crippen MR) is 49.1 cm³/mol. The van der Waals surface area contributed by atoms with Crippen LogP contribution in [-0.4, -0.2) is 26.3 Å². The van der Waals surface area contributed by atoms with Crippen molar-refractivity contribution >= 4 is 0 Å². The lowest BCUT2D eigenvalue weighted by Crippen LogP contribution is -2.40. The van der Waals surface area contributed by atoms with Crippen LogP contribution in [0.15, 0.2) is 0 Å². The summed E-state index contributed by atoms with van der Waals surface area (Å²) in [6.07, 6.45) is 4.59. The third-order valence-corrected chi connectivity index (χ3v) is 3.64. The molecule has 2 heteroatoms. The van der Waals surface area contributed by atoms with Gasteiger partial charge < -0.3 is 10.1 Å². The van der Waals surface area contributed by atoms with Gasteiger partial charge >= 0.3 is 0 Å². The first-order valence-corrected chi connectivity index (χ1v) is 5.06. The lowest BCUT2D eigenvalue weighted by Gasteiger charge is -2.32. The molecule has 0 radical (unpaired) electrons. The van der Waals surface area contributed by atoms with Crippen molar-refractivity contribution in [1.82, 2.24) is 5.32 Å². The van der Waals surface area contributed by atoms with E-state index in [1.165, 1.54) is 19.3 Å². The van der Waals surface area contributed by atoms with E-state index in [9.17, 15) is 0 Å². The first-order valence-electron chi connectivity index (χ1n) is 5.06. The maximum absolute atomic E-state index is 5.68. The van der Waals surface area contributed by atoms with Crippen LogP contribution >= 0.6 is 0 Å². The van der Waals surface area contributed by atoms with Gasteiger partial charge in [-0.05, 0) is 39.2 Å². The topological polar surface area (TPSA) is 21.3 Å². The zero-order valence-corrected chi connectivity index (χ0v) is 8.10. The fourth-order valence-corrected chi connectivity index (χ4v) is 2.69. The molecule has 2 fully saturated rings. The van der Waals surface area contributed by atoms with Crippen LogP contribution in [0.4, 0.5) is 0 Å². The monoisotopic (exact) mass is 169 g/mol. The Morgan fingerprint density at radius 2 is 2.25 bits per heavy atom. The Labute approximate surface area is 74.7 Å². The fourth-order valence-electron chi connectivity index (χ4n) is 2.69. The van der Waals surface area contributed by atoms with Crippen molar-refractivity contribution in [3.05, 3.63) is 0 Å². The molecule has 0 bridgehead atoms. The summed E-state index contributed by atoms with van der Waals surface area (Å²) < 4.78 is 5.68. The second-order valence-corrected chi connectivity index (χ2v) is 4.30. The van der Waals surface area contributed by atoms with Gasteiger partial charge in [0.15, 0.2) is 0 Å². The van der Waals surface area contributed by atoms with Gasteiger partial charge in [0.1, 0.15) is 0 Å². The van der Waals surface area contributed by atoms with Crippen molar-refractivity contribution in [2.75, 3.05) is 20.2 Å². The minimum Gasteiger partial charge on any atom is -0.378 e. The minimum absolute atomic E-state index is 0.470. The summed E-state index contributed by atoms with van der Waals surface area (Å²) in [5.41, 5.74) is 0.481. The highest BCUT2D eigenvalue weighted by atomic mass is 16.5. The number of ether oxygens (including phenoxy) is 1. The Bertz CT molecular complexity index is 167. The molecular weight excluding hydrogens is 150 g/mol. The normalized spacial score (nSPS) is 42.0. The molecule has 12 heavy (non-hydrogen) atoms. The molecule has 1 aliphatic heterocycles. The van der Waals surface area contributed by atoms with E-state index >= 15 is 0 Å². The Kier molecular flexibility index (Phi) is 2.13. The summed E-state index contributed by atoms with van der Waals surface area (Å²) in [4.78, 5) is 0. The standard InChI is InChI=1S/C10H19NO/c1-8-10(7-11-2,5-6-12-8)9-3-4-9/h8-9,11H,3-7H2,1-2H3. The van der Waals surface area contributed by atoms with E-state index in [0.29, 0.717) is 11.5 Å². The molecule has 2 nitrogen and oxygen atoms in total. The third-order valence-electron chi connectivity index (χ3n) is 3.64. The number of hydrogen-bond donors (Lipinski definition) is 1. The highest BCUT2D eigenvalue weighted by Crippen LogP contribution is 2.52. The van der Waals surface area contributed by atoms with Crippen LogP contribution in [0.2, 0.25) is 0 Å². The molecule has 0 aromatic rings. The zero-order chi connectivity index (χ0) is 8.60. The molecule has 0 aromatic heterocycles. The summed E-state index contributed by atoms with van der Waals surface area (Å²) >= 11 is 0. The molecule has 2 atom stereocenters. The van der Waals surface area contributed by atoms with Crippen LogP contribution in [0.5, 0.6) is 0 Å². The van der Waals surface area contributed by atoms with Crippen molar-refractivity contribution in [1.29, 1.82) is 0 Å². The van der Waals surface area contributed by atoms with Crippen molar-refractivity contribution in [2.45, 2.75) is 32.3 Å². The van der Waals surface area contributed by atoms with E-state index in [2.05, 4.69) is 19.3 Å². The van der Waals surface area contributed by atoms with Crippen molar-refractivity contribution < 1.29 is 4.74 Å². The maximum Gasteiger partial charge on any atom is 0.0618 e. The van der Waals surface area contributed by atoms with E-state index in [4.69, 9.17) is 4.74 Å².